The second-order valence-electron chi connectivity index (χ2n) is 2.67. The number of H-pyrrole nitrogens is 1. The Morgan fingerprint density at radius 2 is 2.29 bits per heavy atom. The molecule has 4 radical (unpaired) electrons. The van der Waals surface area contributed by atoms with Crippen molar-refractivity contribution in [1.29, 1.82) is 0 Å². The third-order valence-electron chi connectivity index (χ3n) is 1.78. The van der Waals surface area contributed by atoms with Gasteiger partial charge >= 0.3 is 16.5 Å². The van der Waals surface area contributed by atoms with Crippen molar-refractivity contribution in [2.45, 2.75) is 0 Å². The third-order valence-corrected chi connectivity index (χ3v) is 2.35. The zero-order chi connectivity index (χ0) is 10.1. The maximum Gasteiger partial charge on any atom is 0.308 e. The van der Waals surface area contributed by atoms with Crippen LogP contribution in [0.3, 0.4) is 0 Å². The molecule has 0 saturated carbocycles. The predicted molar refractivity (Wildman–Crippen MR) is 54.9 cm³/mol. The number of hydrogen-bond acceptors (Lipinski definition) is 4. The van der Waals surface area contributed by atoms with Crippen molar-refractivity contribution in [3.63, 3.8) is 0 Å². The Balaban J connectivity index is 2.96. The molecular weight excluding hydrogens is 210 g/mol. The molecule has 2 aromatic heterocycles. The van der Waals surface area contributed by atoms with Crippen molar-refractivity contribution in [2.24, 2.45) is 0 Å². The molecule has 0 bridgehead atoms. The molecule has 0 atom stereocenters. The summed E-state index contributed by atoms with van der Waals surface area (Å²) in [6.45, 7) is 0. The maximum absolute atomic E-state index is 11.5. The molecular formula is C7H4Al2N4O. The minimum atomic E-state index is -0.197. The van der Waals surface area contributed by atoms with Gasteiger partial charge in [-0.2, -0.15) is 0 Å². The molecule has 2 heterocycles. The zero-order valence-electron chi connectivity index (χ0n) is 7.11. The van der Waals surface area contributed by atoms with E-state index in [2.05, 4.69) is 52.1 Å². The topological polar surface area (TPSA) is 70.7 Å². The molecule has 2 N–H and O–H groups in total. The summed E-state index contributed by atoms with van der Waals surface area (Å²) in [5.41, 5.74) is 0.427. The average Bonchev–Trinajstić information content (AvgIpc) is 2.16. The fraction of sp³-hybridized carbons (Fsp3) is 0. The number of pyridine rings is 1. The predicted octanol–water partition coefficient (Wildman–Crippen LogP) is -1.39. The highest BCUT2D eigenvalue weighted by Gasteiger charge is 2.05. The lowest BCUT2D eigenvalue weighted by molar-refractivity contribution is 1.17. The Labute approximate surface area is 96.0 Å². The van der Waals surface area contributed by atoms with Gasteiger partial charge in [0, 0.05) is 0 Å². The summed E-state index contributed by atoms with van der Waals surface area (Å²) >= 11 is 4.78. The first-order valence-corrected chi connectivity index (χ1v) is 4.98. The number of fused-ring (bicyclic) bond motifs is 1. The average molecular weight is 214 g/mol. The molecule has 0 amide bonds. The second kappa shape index (κ2) is 3.72. The fourth-order valence-electron chi connectivity index (χ4n) is 1.21. The Hall–Kier alpha value is -0.845. The first-order valence-electron chi connectivity index (χ1n) is 3.83. The summed E-state index contributed by atoms with van der Waals surface area (Å²) in [6.07, 6.45) is 1.38. The van der Waals surface area contributed by atoms with Crippen LogP contribution in [0.1, 0.15) is 0 Å². The van der Waals surface area contributed by atoms with Gasteiger partial charge in [-0.05, 0) is 6.07 Å². The molecule has 0 spiro atoms. The Morgan fingerprint density at radius 1 is 1.50 bits per heavy atom. The van der Waals surface area contributed by atoms with Crippen molar-refractivity contribution in [3.05, 3.63) is 22.7 Å². The van der Waals surface area contributed by atoms with Gasteiger partial charge in [-0.15, -0.1) is 0 Å². The Kier molecular flexibility index (Phi) is 2.58. The van der Waals surface area contributed by atoms with E-state index < -0.39 is 0 Å². The van der Waals surface area contributed by atoms with Crippen LogP contribution in [-0.4, -0.2) is 47.8 Å². The van der Waals surface area contributed by atoms with E-state index in [0.29, 0.717) is 16.7 Å². The smallest absolute Gasteiger partial charge is 0.308 e. The summed E-state index contributed by atoms with van der Waals surface area (Å²) in [5, 5.41) is 0.466. The number of nitrogens with one attached hydrogen (secondary N) is 2. The molecule has 7 heteroatoms. The van der Waals surface area contributed by atoms with Crippen LogP contribution < -0.4 is 14.4 Å². The van der Waals surface area contributed by atoms with Gasteiger partial charge in [0.1, 0.15) is 11.2 Å². The molecule has 0 saturated heterocycles. The number of aromatic amines is 1. The Morgan fingerprint density at radius 3 is 3.00 bits per heavy atom. The monoisotopic (exact) mass is 214 g/mol. The van der Waals surface area contributed by atoms with Crippen LogP contribution in [0.15, 0.2) is 17.2 Å². The highest BCUT2D eigenvalue weighted by Crippen LogP contribution is 2.11. The molecule has 64 valence electrons. The van der Waals surface area contributed by atoms with Crippen LogP contribution in [-0.2, 0) is 0 Å². The number of nitrogens with zero attached hydrogens (tertiary/aromatic N) is 2. The first-order chi connectivity index (χ1) is 6.72. The summed E-state index contributed by atoms with van der Waals surface area (Å²) in [6, 6.07) is 1.74. The van der Waals surface area contributed by atoms with Gasteiger partial charge in [0.2, 0.25) is 16.3 Å². The highest BCUT2D eigenvalue weighted by molar-refractivity contribution is 6.32. The second-order valence-corrected chi connectivity index (χ2v) is 3.55. The van der Waals surface area contributed by atoms with Crippen LogP contribution >= 0.6 is 0 Å². The van der Waals surface area contributed by atoms with Gasteiger partial charge < -0.3 is 9.28 Å². The zero-order valence-corrected chi connectivity index (χ0v) is 9.42. The van der Waals surface area contributed by atoms with E-state index in [1.807, 2.05) is 0 Å². The standard InChI is InChI=1S/C7H5N4O.2Al/c8-6-5-4(1-2-9-6)10-3-11-7(5)12;;/h1,3H,(H3,8,9,10,11,12);;/q;;+1/p-1. The molecule has 14 heavy (non-hydrogen) atoms. The van der Waals surface area contributed by atoms with Gasteiger partial charge in [0.05, 0.1) is 11.8 Å². The van der Waals surface area contributed by atoms with Crippen molar-refractivity contribution < 1.29 is 0 Å². The van der Waals surface area contributed by atoms with Gasteiger partial charge in [-0.1, -0.05) is 4.56 Å². The minimum Gasteiger partial charge on any atom is -0.476 e. The quantitative estimate of drug-likeness (QED) is 0.573. The van der Waals surface area contributed by atoms with E-state index in [1.165, 1.54) is 6.33 Å². The molecule has 0 aliphatic heterocycles. The van der Waals surface area contributed by atoms with E-state index in [1.54, 1.807) is 6.07 Å². The lowest BCUT2D eigenvalue weighted by atomic mass is 10.3. The normalized spacial score (nSPS) is 10.3. The van der Waals surface area contributed by atoms with Crippen molar-refractivity contribution in [1.82, 2.24) is 15.0 Å². The highest BCUT2D eigenvalue weighted by atomic mass is 27.1. The summed E-state index contributed by atoms with van der Waals surface area (Å²) in [5.74, 6) is 0.506. The van der Waals surface area contributed by atoms with E-state index in [0.717, 1.165) is 4.56 Å². The number of rotatable bonds is 1. The lowest BCUT2D eigenvalue weighted by Gasteiger charge is -2.06. The van der Waals surface area contributed by atoms with Gasteiger partial charge in [0.25, 0.3) is 5.56 Å². The van der Waals surface area contributed by atoms with E-state index >= 15 is 0 Å². The van der Waals surface area contributed by atoms with Crippen molar-refractivity contribution in [2.75, 3.05) is 4.30 Å². The molecule has 0 aliphatic carbocycles. The summed E-state index contributed by atoms with van der Waals surface area (Å²) in [7, 11) is 0. The molecule has 0 aliphatic rings. The maximum atomic E-state index is 11.5. The van der Waals surface area contributed by atoms with Crippen LogP contribution in [0.5, 0.6) is 0 Å². The van der Waals surface area contributed by atoms with Crippen LogP contribution in [0.25, 0.3) is 10.9 Å². The first kappa shape index (κ1) is 9.70. The number of aromatic nitrogens is 3. The number of hydrogen-bond donors (Lipinski definition) is 2. The van der Waals surface area contributed by atoms with E-state index in [4.69, 9.17) is 0 Å². The molecule has 2 rings (SSSR count). The van der Waals surface area contributed by atoms with Crippen molar-refractivity contribution >= 4 is 54.1 Å². The van der Waals surface area contributed by atoms with Gasteiger partial charge in [0.15, 0.2) is 0 Å². The van der Waals surface area contributed by atoms with Crippen LogP contribution in [0.4, 0.5) is 5.82 Å². The molecule has 0 aromatic carbocycles. The summed E-state index contributed by atoms with van der Waals surface area (Å²) < 4.78 is 3.52. The van der Waals surface area contributed by atoms with E-state index in [9.17, 15) is 4.79 Å². The molecule has 5 nitrogen and oxygen atoms in total. The molecule has 2 aromatic rings. The number of anilines is 1. The molecule has 0 fully saturated rings. The largest absolute Gasteiger partial charge is 0.476 e. The summed E-state index contributed by atoms with van der Waals surface area (Å²) in [4.78, 5) is 22.2. The third kappa shape index (κ3) is 1.56. The van der Waals surface area contributed by atoms with Gasteiger partial charge in [-0.3, -0.25) is 9.78 Å². The lowest BCUT2D eigenvalue weighted by Crippen LogP contribution is -2.16. The SMILES string of the molecule is O=c1[nH]cnc2c[c]([Al])nc([NH][Al])c12. The minimum absolute atomic E-state index is 0.197. The van der Waals surface area contributed by atoms with Crippen LogP contribution in [0, 0.1) is 0 Å². The molecule has 0 unspecified atom stereocenters. The van der Waals surface area contributed by atoms with Gasteiger partial charge in [-0.25, -0.2) is 4.98 Å². The van der Waals surface area contributed by atoms with E-state index in [-0.39, 0.29) is 5.56 Å². The Bertz CT molecular complexity index is 539. The fourth-order valence-corrected chi connectivity index (χ4v) is 1.71. The van der Waals surface area contributed by atoms with Crippen LogP contribution in [0.2, 0.25) is 0 Å². The van der Waals surface area contributed by atoms with Crippen molar-refractivity contribution in [3.8, 4) is 0 Å².